The SMILES string of the molecule is O=C(O)c1ccc(=O)n(CCC2CCCCC2)c1. The van der Waals surface area contributed by atoms with Gasteiger partial charge >= 0.3 is 5.97 Å². The Morgan fingerprint density at radius 3 is 2.67 bits per heavy atom. The van der Waals surface area contributed by atoms with E-state index in [2.05, 4.69) is 0 Å². The van der Waals surface area contributed by atoms with Crippen LogP contribution in [0.15, 0.2) is 23.1 Å². The third kappa shape index (κ3) is 3.22. The molecular formula is C14H19NO3. The van der Waals surface area contributed by atoms with Crippen molar-refractivity contribution in [2.24, 2.45) is 5.92 Å². The number of hydrogen-bond donors (Lipinski definition) is 1. The van der Waals surface area contributed by atoms with Gasteiger partial charge in [-0.1, -0.05) is 32.1 Å². The number of carbonyl (C=O) groups is 1. The molecule has 0 unspecified atom stereocenters. The average Bonchev–Trinajstić information content (AvgIpc) is 2.38. The van der Waals surface area contributed by atoms with Crippen LogP contribution < -0.4 is 5.56 Å². The van der Waals surface area contributed by atoms with Crippen LogP contribution in [-0.4, -0.2) is 15.6 Å². The van der Waals surface area contributed by atoms with E-state index in [1.807, 2.05) is 0 Å². The standard InChI is InChI=1S/C14H19NO3/c16-13-7-6-12(14(17)18)10-15(13)9-8-11-4-2-1-3-5-11/h6-7,10-11H,1-5,8-9H2,(H,17,18). The van der Waals surface area contributed by atoms with Gasteiger partial charge in [-0.3, -0.25) is 4.79 Å². The van der Waals surface area contributed by atoms with Crippen molar-refractivity contribution in [2.75, 3.05) is 0 Å². The highest BCUT2D eigenvalue weighted by atomic mass is 16.4. The first-order chi connectivity index (χ1) is 8.66. The number of aromatic nitrogens is 1. The van der Waals surface area contributed by atoms with E-state index >= 15 is 0 Å². The lowest BCUT2D eigenvalue weighted by Gasteiger charge is -2.21. The third-order valence-electron chi connectivity index (χ3n) is 3.73. The molecule has 1 aromatic heterocycles. The van der Waals surface area contributed by atoms with Gasteiger partial charge in [0.2, 0.25) is 0 Å². The molecule has 1 fully saturated rings. The molecule has 1 aliphatic carbocycles. The largest absolute Gasteiger partial charge is 0.478 e. The molecule has 1 aromatic rings. The smallest absolute Gasteiger partial charge is 0.337 e. The minimum atomic E-state index is -0.985. The van der Waals surface area contributed by atoms with E-state index < -0.39 is 5.97 Å². The molecule has 0 atom stereocenters. The summed E-state index contributed by atoms with van der Waals surface area (Å²) in [7, 11) is 0. The highest BCUT2D eigenvalue weighted by Crippen LogP contribution is 2.26. The Hall–Kier alpha value is -1.58. The molecule has 0 radical (unpaired) electrons. The molecule has 1 aliphatic rings. The Labute approximate surface area is 106 Å². The summed E-state index contributed by atoms with van der Waals surface area (Å²) in [6.45, 7) is 0.630. The molecule has 0 spiro atoms. The van der Waals surface area contributed by atoms with Gasteiger partial charge in [0, 0.05) is 18.8 Å². The van der Waals surface area contributed by atoms with Crippen LogP contribution in [0.1, 0.15) is 48.9 Å². The highest BCUT2D eigenvalue weighted by molar-refractivity contribution is 5.87. The maximum Gasteiger partial charge on any atom is 0.337 e. The van der Waals surface area contributed by atoms with Crippen molar-refractivity contribution in [3.8, 4) is 0 Å². The number of hydrogen-bond acceptors (Lipinski definition) is 2. The summed E-state index contributed by atoms with van der Waals surface area (Å²) < 4.78 is 1.53. The fraction of sp³-hybridized carbons (Fsp3) is 0.571. The molecular weight excluding hydrogens is 230 g/mol. The van der Waals surface area contributed by atoms with Crippen LogP contribution in [0, 0.1) is 5.92 Å². The van der Waals surface area contributed by atoms with Gasteiger partial charge in [0.05, 0.1) is 5.56 Å². The zero-order valence-electron chi connectivity index (χ0n) is 10.5. The third-order valence-corrected chi connectivity index (χ3v) is 3.73. The summed E-state index contributed by atoms with van der Waals surface area (Å²) in [5, 5.41) is 8.90. The molecule has 0 aliphatic heterocycles. The van der Waals surface area contributed by atoms with E-state index in [0.717, 1.165) is 6.42 Å². The maximum atomic E-state index is 11.6. The Kier molecular flexibility index (Phi) is 4.18. The van der Waals surface area contributed by atoms with Crippen LogP contribution in [0.2, 0.25) is 0 Å². The zero-order chi connectivity index (χ0) is 13.0. The molecule has 0 amide bonds. The van der Waals surface area contributed by atoms with Crippen LogP contribution in [-0.2, 0) is 6.54 Å². The molecule has 98 valence electrons. The lowest BCUT2D eigenvalue weighted by molar-refractivity contribution is 0.0695. The first-order valence-corrected chi connectivity index (χ1v) is 6.60. The normalized spacial score (nSPS) is 16.7. The molecule has 0 bridgehead atoms. The second kappa shape index (κ2) is 5.85. The van der Waals surface area contributed by atoms with E-state index in [4.69, 9.17) is 5.11 Å². The second-order valence-corrected chi connectivity index (χ2v) is 5.05. The summed E-state index contributed by atoms with van der Waals surface area (Å²) in [4.78, 5) is 22.5. The quantitative estimate of drug-likeness (QED) is 0.892. The van der Waals surface area contributed by atoms with Crippen molar-refractivity contribution < 1.29 is 9.90 Å². The van der Waals surface area contributed by atoms with Gasteiger partial charge in [-0.05, 0) is 18.4 Å². The minimum absolute atomic E-state index is 0.115. The van der Waals surface area contributed by atoms with E-state index in [-0.39, 0.29) is 11.1 Å². The lowest BCUT2D eigenvalue weighted by atomic mass is 9.87. The fourth-order valence-electron chi connectivity index (χ4n) is 2.63. The lowest BCUT2D eigenvalue weighted by Crippen LogP contribution is -2.22. The van der Waals surface area contributed by atoms with Crippen LogP contribution in [0.4, 0.5) is 0 Å². The Morgan fingerprint density at radius 2 is 2.00 bits per heavy atom. The molecule has 0 aromatic carbocycles. The highest BCUT2D eigenvalue weighted by Gasteiger charge is 2.13. The number of nitrogens with zero attached hydrogens (tertiary/aromatic N) is 1. The molecule has 1 heterocycles. The first-order valence-electron chi connectivity index (χ1n) is 6.60. The predicted molar refractivity (Wildman–Crippen MR) is 68.9 cm³/mol. The van der Waals surface area contributed by atoms with Crippen molar-refractivity contribution in [3.63, 3.8) is 0 Å². The monoisotopic (exact) mass is 249 g/mol. The van der Waals surface area contributed by atoms with Gasteiger partial charge in [0.25, 0.3) is 5.56 Å². The number of pyridine rings is 1. The van der Waals surface area contributed by atoms with E-state index in [0.29, 0.717) is 12.5 Å². The van der Waals surface area contributed by atoms with E-state index in [1.165, 1.54) is 55.0 Å². The molecule has 18 heavy (non-hydrogen) atoms. The van der Waals surface area contributed by atoms with Gasteiger partial charge in [-0.25, -0.2) is 4.79 Å². The number of carboxylic acid groups (broad SMARTS) is 1. The van der Waals surface area contributed by atoms with Crippen LogP contribution >= 0.6 is 0 Å². The molecule has 0 saturated heterocycles. The van der Waals surface area contributed by atoms with Crippen LogP contribution in [0.25, 0.3) is 0 Å². The number of aryl methyl sites for hydroxylation is 1. The molecule has 1 N–H and O–H groups in total. The summed E-state index contributed by atoms with van der Waals surface area (Å²) >= 11 is 0. The van der Waals surface area contributed by atoms with Crippen molar-refractivity contribution in [3.05, 3.63) is 34.2 Å². The number of rotatable bonds is 4. The number of carboxylic acids is 1. The van der Waals surface area contributed by atoms with Crippen molar-refractivity contribution in [2.45, 2.75) is 45.1 Å². The fourth-order valence-corrected chi connectivity index (χ4v) is 2.63. The summed E-state index contributed by atoms with van der Waals surface area (Å²) in [5.74, 6) is -0.291. The first kappa shape index (κ1) is 12.9. The van der Waals surface area contributed by atoms with Gasteiger partial charge < -0.3 is 9.67 Å². The molecule has 4 heteroatoms. The van der Waals surface area contributed by atoms with Gasteiger partial charge in [-0.2, -0.15) is 0 Å². The van der Waals surface area contributed by atoms with Gasteiger partial charge in [-0.15, -0.1) is 0 Å². The Bertz CT molecular complexity index is 472. The van der Waals surface area contributed by atoms with Crippen LogP contribution in [0.5, 0.6) is 0 Å². The van der Waals surface area contributed by atoms with Crippen molar-refractivity contribution in [1.29, 1.82) is 0 Å². The molecule has 2 rings (SSSR count). The summed E-state index contributed by atoms with van der Waals surface area (Å²) in [6, 6.07) is 2.70. The predicted octanol–water partition coefficient (Wildman–Crippen LogP) is 2.52. The Balaban J connectivity index is 2.01. The molecule has 1 saturated carbocycles. The van der Waals surface area contributed by atoms with Crippen LogP contribution in [0.3, 0.4) is 0 Å². The topological polar surface area (TPSA) is 59.3 Å². The minimum Gasteiger partial charge on any atom is -0.478 e. The number of aromatic carboxylic acids is 1. The zero-order valence-corrected chi connectivity index (χ0v) is 10.5. The van der Waals surface area contributed by atoms with Gasteiger partial charge in [0.15, 0.2) is 0 Å². The average molecular weight is 249 g/mol. The summed E-state index contributed by atoms with van der Waals surface area (Å²) in [5.41, 5.74) is 0.0639. The summed E-state index contributed by atoms with van der Waals surface area (Å²) in [6.07, 6.45) is 8.81. The van der Waals surface area contributed by atoms with Crippen molar-refractivity contribution >= 4 is 5.97 Å². The maximum absolute atomic E-state index is 11.6. The van der Waals surface area contributed by atoms with E-state index in [1.54, 1.807) is 0 Å². The van der Waals surface area contributed by atoms with Gasteiger partial charge in [0.1, 0.15) is 0 Å². The van der Waals surface area contributed by atoms with E-state index in [9.17, 15) is 9.59 Å². The van der Waals surface area contributed by atoms with Crippen molar-refractivity contribution in [1.82, 2.24) is 4.57 Å². The Morgan fingerprint density at radius 1 is 1.28 bits per heavy atom. The molecule has 4 nitrogen and oxygen atoms in total. The second-order valence-electron chi connectivity index (χ2n) is 5.05.